The van der Waals surface area contributed by atoms with E-state index in [4.69, 9.17) is 24.4 Å². The standard InChI is InChI=1S/C22H30N2OP.3CHO.Mn/c1-15-12-19(13-16(2)22(15)25-4)26-21-10-7-9-20(21)17(3)24-14-18-8-5-6-11-23-18;3*1-2;/h5-6,8,11-13,17,20-21,26H,7,9-10,14H2,1-4H3;3*1H;/q4*-1;/t17-,20?,21?;;;;/m1..../s1. The van der Waals surface area contributed by atoms with Crippen LogP contribution < -0.4 is 10.0 Å². The molecule has 1 saturated carbocycles. The summed E-state index contributed by atoms with van der Waals surface area (Å²) >= 11 is 0. The fourth-order valence-corrected chi connectivity index (χ4v) is 6.22. The van der Waals surface area contributed by atoms with Crippen molar-refractivity contribution >= 4 is 34.3 Å². The number of ether oxygens (including phenoxy) is 1. The Bertz CT molecular complexity index is 754. The Labute approximate surface area is 210 Å². The fourth-order valence-electron chi connectivity index (χ4n) is 4.18. The summed E-state index contributed by atoms with van der Waals surface area (Å²) < 4.78 is 5.52. The molecular weight excluding hydrogens is 478 g/mol. The average Bonchev–Trinajstić information content (AvgIpc) is 3.30. The number of benzene rings is 1. The minimum Gasteiger partial charge on any atom is -0.654 e. The predicted octanol–water partition coefficient (Wildman–Crippen LogP) is 4.32. The van der Waals surface area contributed by atoms with E-state index in [2.05, 4.69) is 64.3 Å². The molecule has 1 fully saturated rings. The van der Waals surface area contributed by atoms with E-state index >= 15 is 0 Å². The second-order valence-electron chi connectivity index (χ2n) is 7.39. The molecule has 0 amide bonds. The van der Waals surface area contributed by atoms with Gasteiger partial charge in [0.25, 0.3) is 0 Å². The smallest absolute Gasteiger partial charge is 0.124 e. The van der Waals surface area contributed by atoms with Gasteiger partial charge >= 0.3 is 0 Å². The zero-order valence-corrected chi connectivity index (χ0v) is 21.8. The van der Waals surface area contributed by atoms with Crippen LogP contribution in [0.2, 0.25) is 0 Å². The van der Waals surface area contributed by atoms with Crippen LogP contribution in [0.4, 0.5) is 0 Å². The SMILES string of the molecule is COc1c(C)cc(PC2CCCC2[C@@H](C)[N-]Cc2ccccn2)cc1C.[CH-]=O.[CH-]=O.[CH-]=O.[Mn]. The van der Waals surface area contributed by atoms with Crippen molar-refractivity contribution in [3.05, 3.63) is 58.7 Å². The first-order chi connectivity index (χ1) is 15.6. The van der Waals surface area contributed by atoms with Crippen molar-refractivity contribution < 1.29 is 36.2 Å². The molecule has 1 radical (unpaired) electrons. The summed E-state index contributed by atoms with van der Waals surface area (Å²) in [5, 5.41) is 6.42. The van der Waals surface area contributed by atoms with Crippen LogP contribution in [0, 0.1) is 19.8 Å². The summed E-state index contributed by atoms with van der Waals surface area (Å²) in [6.45, 7) is 17.1. The summed E-state index contributed by atoms with van der Waals surface area (Å²) in [6, 6.07) is 11.1. The van der Waals surface area contributed by atoms with Gasteiger partial charge in [0.05, 0.1) is 7.11 Å². The monoisotopic (exact) mass is 511 g/mol. The van der Waals surface area contributed by atoms with Gasteiger partial charge in [-0.25, -0.2) is 0 Å². The second kappa shape index (κ2) is 19.5. The van der Waals surface area contributed by atoms with Gasteiger partial charge in [0.2, 0.25) is 0 Å². The van der Waals surface area contributed by atoms with Gasteiger partial charge in [0.1, 0.15) is 5.75 Å². The second-order valence-corrected chi connectivity index (χ2v) is 9.00. The minimum absolute atomic E-state index is 0. The van der Waals surface area contributed by atoms with Crippen molar-refractivity contribution in [1.29, 1.82) is 0 Å². The largest absolute Gasteiger partial charge is 0.654 e. The molecule has 0 N–H and O–H groups in total. The molecule has 0 aliphatic heterocycles. The third-order valence-electron chi connectivity index (χ3n) is 5.47. The molecule has 8 heteroatoms. The maximum atomic E-state index is 7.75. The molecule has 0 spiro atoms. The normalized spacial score (nSPS) is 17.2. The number of methoxy groups -OCH3 is 1. The maximum Gasteiger partial charge on any atom is 0.124 e. The number of pyridine rings is 1. The first-order valence-electron chi connectivity index (χ1n) is 10.3. The predicted molar refractivity (Wildman–Crippen MR) is 133 cm³/mol. The van der Waals surface area contributed by atoms with Crippen molar-refractivity contribution in [3.8, 4) is 5.75 Å². The molecule has 2 aromatic rings. The van der Waals surface area contributed by atoms with Crippen LogP contribution >= 0.6 is 8.58 Å². The Balaban J connectivity index is 0. The molecule has 183 valence electrons. The summed E-state index contributed by atoms with van der Waals surface area (Å²) in [6.07, 6.45) is 5.82. The summed E-state index contributed by atoms with van der Waals surface area (Å²) in [5.41, 5.74) is 4.32. The molecule has 1 heterocycles. The Kier molecular flexibility index (Phi) is 19.7. The third kappa shape index (κ3) is 10.7. The van der Waals surface area contributed by atoms with Gasteiger partial charge in [0, 0.05) is 29.0 Å². The average molecular weight is 511 g/mol. The number of aryl methyl sites for hydroxylation is 2. The molecule has 6 nitrogen and oxygen atoms in total. The Morgan fingerprint density at radius 2 is 1.70 bits per heavy atom. The van der Waals surface area contributed by atoms with Crippen LogP contribution in [0.5, 0.6) is 5.75 Å². The molecule has 1 aromatic carbocycles. The van der Waals surface area contributed by atoms with Crippen molar-refractivity contribution in [1.82, 2.24) is 4.98 Å². The Morgan fingerprint density at radius 1 is 1.09 bits per heavy atom. The topological polar surface area (TPSA) is 87.4 Å². The Hall–Kier alpha value is -1.91. The van der Waals surface area contributed by atoms with E-state index in [0.29, 0.717) is 12.0 Å². The van der Waals surface area contributed by atoms with Crippen LogP contribution in [-0.4, -0.2) is 44.2 Å². The molecule has 0 bridgehead atoms. The van der Waals surface area contributed by atoms with E-state index in [9.17, 15) is 0 Å². The van der Waals surface area contributed by atoms with Gasteiger partial charge in [-0.15, -0.1) is 12.6 Å². The van der Waals surface area contributed by atoms with Crippen LogP contribution in [0.1, 0.15) is 43.0 Å². The molecule has 1 aliphatic rings. The van der Waals surface area contributed by atoms with Gasteiger partial charge in [-0.2, -0.15) is 0 Å². The third-order valence-corrected chi connectivity index (χ3v) is 7.18. The molecule has 0 saturated heterocycles. The van der Waals surface area contributed by atoms with Gasteiger partial charge < -0.3 is 24.4 Å². The van der Waals surface area contributed by atoms with Crippen molar-refractivity contribution in [2.45, 2.75) is 58.3 Å². The molecule has 33 heavy (non-hydrogen) atoms. The number of rotatable bonds is 7. The molecule has 3 rings (SSSR count). The van der Waals surface area contributed by atoms with E-state index in [1.807, 2.05) is 18.3 Å². The quantitative estimate of drug-likeness (QED) is 0.239. The van der Waals surface area contributed by atoms with E-state index in [1.54, 1.807) is 7.11 Å². The number of hydrogen-bond donors (Lipinski definition) is 0. The zero-order chi connectivity index (χ0) is 24.5. The molecule has 3 unspecified atom stereocenters. The first kappa shape index (κ1) is 33.3. The number of nitrogens with zero attached hydrogens (tertiary/aromatic N) is 2. The summed E-state index contributed by atoms with van der Waals surface area (Å²) in [5.74, 6) is 1.72. The van der Waals surface area contributed by atoms with Gasteiger partial charge in [0.15, 0.2) is 0 Å². The first-order valence-corrected chi connectivity index (χ1v) is 11.3. The van der Waals surface area contributed by atoms with E-state index < -0.39 is 0 Å². The maximum absolute atomic E-state index is 7.75. The molecule has 4 atom stereocenters. The molecule has 1 aliphatic carbocycles. The molecular formula is C25H33MnN2O4P-4. The van der Waals surface area contributed by atoms with Crippen molar-refractivity contribution in [2.24, 2.45) is 5.92 Å². The number of hydrogen-bond acceptors (Lipinski definition) is 5. The van der Waals surface area contributed by atoms with Crippen molar-refractivity contribution in [2.75, 3.05) is 7.11 Å². The van der Waals surface area contributed by atoms with Gasteiger partial charge in [-0.3, -0.25) is 25.4 Å². The van der Waals surface area contributed by atoms with Crippen molar-refractivity contribution in [3.63, 3.8) is 0 Å². The van der Waals surface area contributed by atoms with Gasteiger partial charge in [-0.05, 0) is 66.6 Å². The van der Waals surface area contributed by atoms with Crippen LogP contribution in [0.25, 0.3) is 5.32 Å². The number of carbonyl (C=O) groups excluding carboxylic acids is 3. The van der Waals surface area contributed by atoms with E-state index in [0.717, 1.165) is 32.2 Å². The van der Waals surface area contributed by atoms with E-state index in [-0.39, 0.29) is 17.1 Å². The van der Waals surface area contributed by atoms with Crippen LogP contribution in [0.15, 0.2) is 36.5 Å². The summed E-state index contributed by atoms with van der Waals surface area (Å²) in [7, 11) is 2.62. The van der Waals surface area contributed by atoms with E-state index in [1.165, 1.54) is 35.7 Å². The molecule has 1 aromatic heterocycles. The van der Waals surface area contributed by atoms with Gasteiger partial charge in [-0.1, -0.05) is 40.3 Å². The fraction of sp³-hybridized carbons (Fsp3) is 0.440. The minimum atomic E-state index is 0. The van der Waals surface area contributed by atoms with Crippen LogP contribution in [-0.2, 0) is 38.0 Å². The zero-order valence-electron chi connectivity index (χ0n) is 19.7. The van der Waals surface area contributed by atoms with Crippen LogP contribution in [0.3, 0.4) is 0 Å². The Morgan fingerprint density at radius 3 is 2.21 bits per heavy atom. The number of aromatic nitrogens is 1. The summed E-state index contributed by atoms with van der Waals surface area (Å²) in [4.78, 5) is 27.6.